The summed E-state index contributed by atoms with van der Waals surface area (Å²) in [4.78, 5) is 11.5. The number of carbonyl (C=O) groups excluding carboxylic acids is 1. The van der Waals surface area contributed by atoms with E-state index in [-0.39, 0.29) is 6.54 Å². The van der Waals surface area contributed by atoms with E-state index in [0.717, 1.165) is 19.5 Å². The first-order valence-corrected chi connectivity index (χ1v) is 6.21. The van der Waals surface area contributed by atoms with E-state index in [1.54, 1.807) is 0 Å². The van der Waals surface area contributed by atoms with Crippen molar-refractivity contribution in [3.8, 4) is 0 Å². The minimum Gasteiger partial charge on any atom is -0.444 e. The minimum atomic E-state index is -0.805. The third kappa shape index (κ3) is 5.89. The fraction of sp³-hybridized carbons (Fsp3) is 0.917. The Kier molecular flexibility index (Phi) is 4.77. The number of carbonyl (C=O) groups is 1. The molecule has 0 aliphatic carbocycles. The molecule has 1 saturated heterocycles. The molecule has 0 aromatic carbocycles. The van der Waals surface area contributed by atoms with E-state index in [4.69, 9.17) is 4.74 Å². The molecule has 1 atom stereocenters. The van der Waals surface area contributed by atoms with Crippen molar-refractivity contribution in [2.45, 2.75) is 51.2 Å². The second kappa shape index (κ2) is 5.69. The molecular weight excluding hydrogens is 220 g/mol. The van der Waals surface area contributed by atoms with Gasteiger partial charge in [-0.2, -0.15) is 0 Å². The van der Waals surface area contributed by atoms with Gasteiger partial charge in [-0.15, -0.1) is 0 Å². The SMILES string of the molecule is CC(C)(C)OC(=O)NCC1(O)CCCNCC1. The first kappa shape index (κ1) is 14.3. The molecular formula is C12H24N2O3. The molecule has 1 aliphatic rings. The van der Waals surface area contributed by atoms with Gasteiger partial charge in [0, 0.05) is 6.54 Å². The van der Waals surface area contributed by atoms with Crippen LogP contribution in [0.1, 0.15) is 40.0 Å². The molecule has 17 heavy (non-hydrogen) atoms. The maximum absolute atomic E-state index is 11.5. The van der Waals surface area contributed by atoms with Crippen LogP contribution >= 0.6 is 0 Å². The van der Waals surface area contributed by atoms with Gasteiger partial charge in [-0.3, -0.25) is 0 Å². The number of aliphatic hydroxyl groups is 1. The smallest absolute Gasteiger partial charge is 0.407 e. The lowest BCUT2D eigenvalue weighted by Gasteiger charge is -2.27. The summed E-state index contributed by atoms with van der Waals surface area (Å²) in [5.41, 5.74) is -1.31. The van der Waals surface area contributed by atoms with Gasteiger partial charge in [0.1, 0.15) is 5.60 Å². The monoisotopic (exact) mass is 244 g/mol. The number of amides is 1. The lowest BCUT2D eigenvalue weighted by atomic mass is 9.95. The highest BCUT2D eigenvalue weighted by Gasteiger charge is 2.29. The Morgan fingerprint density at radius 3 is 2.76 bits per heavy atom. The molecule has 0 aromatic heterocycles. The molecule has 0 saturated carbocycles. The second-order valence-electron chi connectivity index (χ2n) is 5.68. The standard InChI is InChI=1S/C12H24N2O3/c1-11(2,3)17-10(15)14-9-12(16)5-4-7-13-8-6-12/h13,16H,4-9H2,1-3H3,(H,14,15). The van der Waals surface area contributed by atoms with Gasteiger partial charge in [0.15, 0.2) is 0 Å². The van der Waals surface area contributed by atoms with Crippen LogP contribution in [0.2, 0.25) is 0 Å². The lowest BCUT2D eigenvalue weighted by molar-refractivity contribution is 0.0164. The summed E-state index contributed by atoms with van der Waals surface area (Å²) >= 11 is 0. The van der Waals surface area contributed by atoms with Crippen LogP contribution < -0.4 is 10.6 Å². The van der Waals surface area contributed by atoms with Gasteiger partial charge in [0.05, 0.1) is 5.60 Å². The highest BCUT2D eigenvalue weighted by atomic mass is 16.6. The van der Waals surface area contributed by atoms with Crippen LogP contribution in [0.25, 0.3) is 0 Å². The molecule has 1 unspecified atom stereocenters. The van der Waals surface area contributed by atoms with E-state index in [0.29, 0.717) is 12.8 Å². The Labute approximate surface area is 103 Å². The van der Waals surface area contributed by atoms with Gasteiger partial charge >= 0.3 is 6.09 Å². The highest BCUT2D eigenvalue weighted by Crippen LogP contribution is 2.18. The molecule has 5 nitrogen and oxygen atoms in total. The van der Waals surface area contributed by atoms with Crippen molar-refractivity contribution < 1.29 is 14.6 Å². The largest absolute Gasteiger partial charge is 0.444 e. The molecule has 1 aliphatic heterocycles. The third-order valence-corrected chi connectivity index (χ3v) is 2.72. The fourth-order valence-corrected chi connectivity index (χ4v) is 1.84. The summed E-state index contributed by atoms with van der Waals surface area (Å²) in [5, 5.41) is 16.2. The van der Waals surface area contributed by atoms with Crippen LogP contribution in [0.4, 0.5) is 4.79 Å². The Bertz CT molecular complexity index is 253. The molecule has 5 heteroatoms. The summed E-state index contributed by atoms with van der Waals surface area (Å²) in [7, 11) is 0. The van der Waals surface area contributed by atoms with Crippen molar-refractivity contribution in [1.29, 1.82) is 0 Å². The van der Waals surface area contributed by atoms with Crippen LogP contribution in [-0.4, -0.2) is 42.0 Å². The van der Waals surface area contributed by atoms with Gasteiger partial charge in [-0.25, -0.2) is 4.79 Å². The Hall–Kier alpha value is -0.810. The van der Waals surface area contributed by atoms with Gasteiger partial charge in [0.2, 0.25) is 0 Å². The van der Waals surface area contributed by atoms with E-state index in [9.17, 15) is 9.90 Å². The quantitative estimate of drug-likeness (QED) is 0.678. The predicted octanol–water partition coefficient (Wildman–Crippen LogP) is 1.02. The Morgan fingerprint density at radius 2 is 2.12 bits per heavy atom. The minimum absolute atomic E-state index is 0.254. The summed E-state index contributed by atoms with van der Waals surface area (Å²) in [6, 6.07) is 0. The first-order chi connectivity index (χ1) is 7.81. The number of ether oxygens (including phenoxy) is 1. The number of hydrogen-bond acceptors (Lipinski definition) is 4. The summed E-state index contributed by atoms with van der Waals surface area (Å²) in [6.45, 7) is 7.41. The molecule has 1 rings (SSSR count). The van der Waals surface area contributed by atoms with Crippen molar-refractivity contribution in [1.82, 2.24) is 10.6 Å². The predicted molar refractivity (Wildman–Crippen MR) is 65.9 cm³/mol. The van der Waals surface area contributed by atoms with Crippen LogP contribution in [0.15, 0.2) is 0 Å². The number of hydrogen-bond donors (Lipinski definition) is 3. The zero-order chi connectivity index (χ0) is 12.9. The molecule has 0 spiro atoms. The normalized spacial score (nSPS) is 26.1. The van der Waals surface area contributed by atoms with Gasteiger partial charge in [-0.1, -0.05) is 0 Å². The maximum Gasteiger partial charge on any atom is 0.407 e. The van der Waals surface area contributed by atoms with Crippen molar-refractivity contribution in [2.75, 3.05) is 19.6 Å². The molecule has 100 valence electrons. The van der Waals surface area contributed by atoms with Gasteiger partial charge in [0.25, 0.3) is 0 Å². The van der Waals surface area contributed by atoms with Crippen molar-refractivity contribution in [3.63, 3.8) is 0 Å². The molecule has 1 heterocycles. The molecule has 1 fully saturated rings. The van der Waals surface area contributed by atoms with E-state index >= 15 is 0 Å². The van der Waals surface area contributed by atoms with Crippen molar-refractivity contribution in [2.24, 2.45) is 0 Å². The molecule has 0 bridgehead atoms. The Balaban J connectivity index is 2.35. The number of rotatable bonds is 2. The molecule has 3 N–H and O–H groups in total. The van der Waals surface area contributed by atoms with Gasteiger partial charge in [-0.05, 0) is 53.1 Å². The van der Waals surface area contributed by atoms with Crippen molar-refractivity contribution >= 4 is 6.09 Å². The second-order valence-corrected chi connectivity index (χ2v) is 5.68. The Morgan fingerprint density at radius 1 is 1.41 bits per heavy atom. The topological polar surface area (TPSA) is 70.6 Å². The highest BCUT2D eigenvalue weighted by molar-refractivity contribution is 5.67. The van der Waals surface area contributed by atoms with E-state index < -0.39 is 17.3 Å². The molecule has 0 aromatic rings. The summed E-state index contributed by atoms with van der Waals surface area (Å²) in [6.07, 6.45) is 1.81. The zero-order valence-corrected chi connectivity index (χ0v) is 11.0. The number of nitrogens with one attached hydrogen (secondary N) is 2. The number of alkyl carbamates (subject to hydrolysis) is 1. The van der Waals surface area contributed by atoms with Crippen LogP contribution in [0.5, 0.6) is 0 Å². The van der Waals surface area contributed by atoms with Crippen molar-refractivity contribution in [3.05, 3.63) is 0 Å². The third-order valence-electron chi connectivity index (χ3n) is 2.72. The molecule has 0 radical (unpaired) electrons. The zero-order valence-electron chi connectivity index (χ0n) is 11.0. The lowest BCUT2D eigenvalue weighted by Crippen LogP contribution is -2.45. The van der Waals surface area contributed by atoms with E-state index in [1.807, 2.05) is 20.8 Å². The van der Waals surface area contributed by atoms with Crippen LogP contribution in [0, 0.1) is 0 Å². The molecule has 1 amide bonds. The van der Waals surface area contributed by atoms with Gasteiger partial charge < -0.3 is 20.5 Å². The maximum atomic E-state index is 11.5. The van der Waals surface area contributed by atoms with E-state index in [2.05, 4.69) is 10.6 Å². The summed E-state index contributed by atoms with van der Waals surface area (Å²) < 4.78 is 5.13. The summed E-state index contributed by atoms with van der Waals surface area (Å²) in [5.74, 6) is 0. The first-order valence-electron chi connectivity index (χ1n) is 6.21. The van der Waals surface area contributed by atoms with E-state index in [1.165, 1.54) is 0 Å². The van der Waals surface area contributed by atoms with Crippen LogP contribution in [-0.2, 0) is 4.74 Å². The average Bonchev–Trinajstić information content (AvgIpc) is 2.38. The fourth-order valence-electron chi connectivity index (χ4n) is 1.84. The van der Waals surface area contributed by atoms with Crippen LogP contribution in [0.3, 0.4) is 0 Å². The average molecular weight is 244 g/mol.